The summed E-state index contributed by atoms with van der Waals surface area (Å²) in [5.41, 5.74) is 1.60. The molecule has 2 aromatic rings. The Morgan fingerprint density at radius 1 is 1.09 bits per heavy atom. The van der Waals surface area contributed by atoms with Crippen LogP contribution in [0.25, 0.3) is 0 Å². The lowest BCUT2D eigenvalue weighted by atomic mass is 9.76. The highest BCUT2D eigenvalue weighted by Crippen LogP contribution is 2.41. The molecule has 0 radical (unpaired) electrons. The third-order valence-corrected chi connectivity index (χ3v) is 5.12. The maximum absolute atomic E-state index is 4.43. The Bertz CT molecular complexity index is 629. The van der Waals surface area contributed by atoms with Crippen molar-refractivity contribution in [3.8, 4) is 0 Å². The van der Waals surface area contributed by atoms with Gasteiger partial charge in [0.25, 0.3) is 0 Å². The van der Waals surface area contributed by atoms with Gasteiger partial charge >= 0.3 is 0 Å². The van der Waals surface area contributed by atoms with E-state index in [4.69, 9.17) is 0 Å². The van der Waals surface area contributed by atoms with E-state index in [-0.39, 0.29) is 0 Å². The molecule has 0 atom stereocenters. The second-order valence-electron chi connectivity index (χ2n) is 6.47. The van der Waals surface area contributed by atoms with Gasteiger partial charge < -0.3 is 4.90 Å². The van der Waals surface area contributed by atoms with Gasteiger partial charge in [0.2, 0.25) is 5.95 Å². The highest BCUT2D eigenvalue weighted by molar-refractivity contribution is 5.40. The van der Waals surface area contributed by atoms with E-state index in [0.29, 0.717) is 5.54 Å². The summed E-state index contributed by atoms with van der Waals surface area (Å²) in [7, 11) is 1.97. The first-order valence-electron chi connectivity index (χ1n) is 8.00. The minimum absolute atomic E-state index is 0.298. The summed E-state index contributed by atoms with van der Waals surface area (Å²) in [4.78, 5) is 13.8. The van der Waals surface area contributed by atoms with E-state index < -0.39 is 0 Å². The maximum Gasteiger partial charge on any atom is 0.225 e. The van der Waals surface area contributed by atoms with Crippen LogP contribution in [0.4, 0.5) is 5.95 Å². The van der Waals surface area contributed by atoms with Crippen LogP contribution >= 0.6 is 0 Å². The molecule has 2 saturated heterocycles. The van der Waals surface area contributed by atoms with Crippen LogP contribution in [0, 0.1) is 0 Å². The molecule has 116 valence electrons. The quantitative estimate of drug-likeness (QED) is 0.858. The third-order valence-electron chi connectivity index (χ3n) is 5.12. The van der Waals surface area contributed by atoms with E-state index in [1.165, 1.54) is 24.8 Å². The number of anilines is 1. The largest absolute Gasteiger partial charge is 0.335 e. The first-order chi connectivity index (χ1) is 10.8. The monoisotopic (exact) mass is 298 g/mol. The van der Waals surface area contributed by atoms with Crippen LogP contribution in [-0.4, -0.2) is 49.8 Å². The van der Waals surface area contributed by atoms with Gasteiger partial charge in [-0.25, -0.2) is 9.97 Å². The van der Waals surface area contributed by atoms with Crippen molar-refractivity contribution in [3.63, 3.8) is 0 Å². The number of nitrogens with zero attached hydrogens (tertiary/aromatic N) is 6. The predicted octanol–water partition coefficient (Wildman–Crippen LogP) is 1.45. The van der Waals surface area contributed by atoms with Crippen molar-refractivity contribution in [3.05, 3.63) is 36.4 Å². The second kappa shape index (κ2) is 5.35. The number of aromatic nitrogens is 4. The Morgan fingerprint density at radius 3 is 2.41 bits per heavy atom. The van der Waals surface area contributed by atoms with Gasteiger partial charge in [-0.15, -0.1) is 0 Å². The average Bonchev–Trinajstić information content (AvgIpc) is 2.93. The fourth-order valence-electron chi connectivity index (χ4n) is 3.74. The summed E-state index contributed by atoms with van der Waals surface area (Å²) in [5.74, 6) is 0.898. The summed E-state index contributed by atoms with van der Waals surface area (Å²) >= 11 is 0. The molecule has 22 heavy (non-hydrogen) atoms. The minimum atomic E-state index is 0.298. The lowest BCUT2D eigenvalue weighted by molar-refractivity contribution is 0.110. The predicted molar refractivity (Wildman–Crippen MR) is 84.4 cm³/mol. The fraction of sp³-hybridized carbons (Fsp3) is 0.562. The van der Waals surface area contributed by atoms with Crippen LogP contribution in [-0.2, 0) is 13.6 Å². The third kappa shape index (κ3) is 2.37. The molecule has 0 unspecified atom stereocenters. The molecule has 2 aliphatic heterocycles. The number of hydrogen-bond donors (Lipinski definition) is 0. The van der Waals surface area contributed by atoms with Crippen LogP contribution in [0.3, 0.4) is 0 Å². The zero-order chi connectivity index (χ0) is 15.0. The van der Waals surface area contributed by atoms with Crippen molar-refractivity contribution in [1.82, 2.24) is 24.6 Å². The molecule has 0 saturated carbocycles. The summed E-state index contributed by atoms with van der Waals surface area (Å²) in [6.45, 7) is 4.37. The van der Waals surface area contributed by atoms with Crippen molar-refractivity contribution in [2.24, 2.45) is 7.05 Å². The smallest absolute Gasteiger partial charge is 0.225 e. The van der Waals surface area contributed by atoms with E-state index in [1.807, 2.05) is 36.4 Å². The molecule has 4 rings (SSSR count). The van der Waals surface area contributed by atoms with Gasteiger partial charge in [-0.2, -0.15) is 5.10 Å². The van der Waals surface area contributed by atoms with Gasteiger partial charge in [0.05, 0.1) is 6.20 Å². The Labute approximate surface area is 130 Å². The summed E-state index contributed by atoms with van der Waals surface area (Å²) in [6.07, 6.45) is 11.4. The van der Waals surface area contributed by atoms with Crippen LogP contribution in [0.5, 0.6) is 0 Å². The Morgan fingerprint density at radius 2 is 1.82 bits per heavy atom. The van der Waals surface area contributed by atoms with Crippen molar-refractivity contribution in [1.29, 1.82) is 0 Å². The first-order valence-corrected chi connectivity index (χ1v) is 8.00. The lowest BCUT2D eigenvalue weighted by Crippen LogP contribution is -2.64. The van der Waals surface area contributed by atoms with Crippen molar-refractivity contribution >= 4 is 5.95 Å². The van der Waals surface area contributed by atoms with Gasteiger partial charge in [0.1, 0.15) is 0 Å². The molecule has 2 aromatic heterocycles. The Balaban J connectivity index is 1.39. The van der Waals surface area contributed by atoms with Crippen LogP contribution in [0.15, 0.2) is 30.9 Å². The molecular weight excluding hydrogens is 276 g/mol. The number of likely N-dealkylation sites (tertiary alicyclic amines) is 1. The van der Waals surface area contributed by atoms with Gasteiger partial charge in [0, 0.05) is 62.9 Å². The van der Waals surface area contributed by atoms with E-state index >= 15 is 0 Å². The molecule has 0 bridgehead atoms. The normalized spacial score (nSPS) is 21.0. The van der Waals surface area contributed by atoms with Gasteiger partial charge in [-0.3, -0.25) is 9.58 Å². The number of aryl methyl sites for hydroxylation is 1. The molecule has 4 heterocycles. The van der Waals surface area contributed by atoms with Crippen molar-refractivity contribution in [2.75, 3.05) is 24.5 Å². The molecule has 0 amide bonds. The summed E-state index contributed by atoms with van der Waals surface area (Å²) in [5, 5.41) is 4.26. The lowest BCUT2D eigenvalue weighted by Gasteiger charge is -2.56. The molecule has 0 N–H and O–H groups in total. The Hall–Kier alpha value is -1.95. The SMILES string of the molecule is Cn1cc(CN2CCC3(CC2)CCN3c2ncccn2)cn1. The molecule has 1 spiro atoms. The van der Waals surface area contributed by atoms with Crippen LogP contribution in [0.2, 0.25) is 0 Å². The minimum Gasteiger partial charge on any atom is -0.335 e. The molecule has 2 aliphatic rings. The van der Waals surface area contributed by atoms with Gasteiger partial charge in [-0.05, 0) is 25.3 Å². The number of hydrogen-bond acceptors (Lipinski definition) is 5. The van der Waals surface area contributed by atoms with Crippen LogP contribution < -0.4 is 4.90 Å². The van der Waals surface area contributed by atoms with Crippen LogP contribution in [0.1, 0.15) is 24.8 Å². The van der Waals surface area contributed by atoms with E-state index in [2.05, 4.69) is 31.1 Å². The van der Waals surface area contributed by atoms with E-state index in [1.54, 1.807) is 0 Å². The standard InChI is InChI=1S/C16H22N6/c1-20-12-14(11-19-20)13-21-8-3-16(4-9-21)5-10-22(16)15-17-6-2-7-18-15/h2,6-7,11-12H,3-5,8-10,13H2,1H3. The second-order valence-corrected chi connectivity index (χ2v) is 6.47. The molecule has 0 aromatic carbocycles. The highest BCUT2D eigenvalue weighted by Gasteiger charge is 2.47. The Kier molecular flexibility index (Phi) is 3.33. The van der Waals surface area contributed by atoms with Crippen molar-refractivity contribution in [2.45, 2.75) is 31.3 Å². The van der Waals surface area contributed by atoms with Crippen molar-refractivity contribution < 1.29 is 0 Å². The van der Waals surface area contributed by atoms with E-state index in [0.717, 1.165) is 32.1 Å². The topological polar surface area (TPSA) is 50.1 Å². The van der Waals surface area contributed by atoms with Gasteiger partial charge in [-0.1, -0.05) is 0 Å². The van der Waals surface area contributed by atoms with E-state index in [9.17, 15) is 0 Å². The number of rotatable bonds is 3. The zero-order valence-corrected chi connectivity index (χ0v) is 13.0. The molecule has 0 aliphatic carbocycles. The summed E-state index contributed by atoms with van der Waals surface area (Å²) < 4.78 is 1.88. The number of piperidine rings is 1. The molecule has 6 nitrogen and oxygen atoms in total. The molecule has 2 fully saturated rings. The average molecular weight is 298 g/mol. The summed E-state index contributed by atoms with van der Waals surface area (Å²) in [6, 6.07) is 1.88. The molecular formula is C16H22N6. The zero-order valence-electron chi connectivity index (χ0n) is 13.0. The van der Waals surface area contributed by atoms with Gasteiger partial charge in [0.15, 0.2) is 0 Å². The maximum atomic E-state index is 4.43. The fourth-order valence-corrected chi connectivity index (χ4v) is 3.74. The molecule has 6 heteroatoms. The first kappa shape index (κ1) is 13.7. The highest BCUT2D eigenvalue weighted by atomic mass is 15.4.